The Morgan fingerprint density at radius 3 is 2.93 bits per heavy atom. The quantitative estimate of drug-likeness (QED) is 0.795. The van der Waals surface area contributed by atoms with Crippen LogP contribution in [0.2, 0.25) is 0 Å². The van der Waals surface area contributed by atoms with Gasteiger partial charge in [-0.2, -0.15) is 0 Å². The summed E-state index contributed by atoms with van der Waals surface area (Å²) in [5, 5.41) is 0. The fourth-order valence-electron chi connectivity index (χ4n) is 1.94. The number of rotatable bonds is 5. The summed E-state index contributed by atoms with van der Waals surface area (Å²) in [6, 6.07) is 2.86. The first-order valence-electron chi connectivity index (χ1n) is 5.70. The Balaban J connectivity index is 2.13. The molecule has 15 heavy (non-hydrogen) atoms. The first-order valence-corrected chi connectivity index (χ1v) is 5.70. The second-order valence-corrected chi connectivity index (χ2v) is 4.23. The van der Waals surface area contributed by atoms with E-state index in [9.17, 15) is 0 Å². The summed E-state index contributed by atoms with van der Waals surface area (Å²) >= 11 is 0. The van der Waals surface area contributed by atoms with Crippen molar-refractivity contribution in [3.63, 3.8) is 0 Å². The van der Waals surface area contributed by atoms with Gasteiger partial charge in [-0.05, 0) is 44.4 Å². The predicted octanol–water partition coefficient (Wildman–Crippen LogP) is 1.71. The highest BCUT2D eigenvalue weighted by Crippen LogP contribution is 2.32. The number of nitrogens with two attached hydrogens (primary N) is 1. The molecule has 0 amide bonds. The molecule has 0 aliphatic heterocycles. The zero-order valence-corrected chi connectivity index (χ0v) is 9.32. The summed E-state index contributed by atoms with van der Waals surface area (Å²) in [7, 11) is 0. The minimum absolute atomic E-state index is 0.748. The lowest BCUT2D eigenvalue weighted by Gasteiger charge is -2.25. The highest BCUT2D eigenvalue weighted by atomic mass is 15.2. The lowest BCUT2D eigenvalue weighted by Crippen LogP contribution is -2.28. The zero-order chi connectivity index (χ0) is 10.7. The molecule has 0 aromatic carbocycles. The molecule has 3 nitrogen and oxygen atoms in total. The van der Waals surface area contributed by atoms with Crippen molar-refractivity contribution >= 4 is 5.69 Å². The van der Waals surface area contributed by atoms with E-state index in [1.807, 2.05) is 12.4 Å². The molecule has 0 spiro atoms. The van der Waals surface area contributed by atoms with E-state index in [1.54, 1.807) is 0 Å². The van der Waals surface area contributed by atoms with Crippen LogP contribution in [0.3, 0.4) is 0 Å². The topological polar surface area (TPSA) is 42.2 Å². The number of aryl methyl sites for hydroxylation is 1. The van der Waals surface area contributed by atoms with Crippen LogP contribution >= 0.6 is 0 Å². The molecule has 0 unspecified atom stereocenters. The minimum Gasteiger partial charge on any atom is -0.368 e. The molecular weight excluding hydrogens is 186 g/mol. The maximum Gasteiger partial charge on any atom is 0.0429 e. The van der Waals surface area contributed by atoms with Crippen LogP contribution in [0.15, 0.2) is 18.5 Å². The molecule has 2 N–H and O–H groups in total. The van der Waals surface area contributed by atoms with E-state index in [0.717, 1.165) is 25.6 Å². The summed E-state index contributed by atoms with van der Waals surface area (Å²) in [5.74, 6) is 0. The largest absolute Gasteiger partial charge is 0.368 e. The lowest BCUT2D eigenvalue weighted by atomic mass is 10.2. The van der Waals surface area contributed by atoms with E-state index >= 15 is 0 Å². The van der Waals surface area contributed by atoms with Gasteiger partial charge < -0.3 is 10.6 Å². The predicted molar refractivity (Wildman–Crippen MR) is 63.0 cm³/mol. The Labute approximate surface area is 91.3 Å². The summed E-state index contributed by atoms with van der Waals surface area (Å²) in [5.41, 5.74) is 8.17. The maximum absolute atomic E-state index is 5.57. The molecule has 1 aromatic heterocycles. The molecular formula is C12H19N3. The van der Waals surface area contributed by atoms with Crippen LogP contribution in [0.1, 0.15) is 24.8 Å². The molecule has 1 saturated carbocycles. The van der Waals surface area contributed by atoms with E-state index in [-0.39, 0.29) is 0 Å². The Morgan fingerprint density at radius 1 is 1.53 bits per heavy atom. The summed E-state index contributed by atoms with van der Waals surface area (Å²) in [6.07, 6.45) is 7.53. The standard InChI is InChI=1S/C12H19N3/c1-10-9-14-7-5-12(10)15(8-2-6-13)11-3-4-11/h5,7,9,11H,2-4,6,8,13H2,1H3. The number of aromatic nitrogens is 1. The van der Waals surface area contributed by atoms with Gasteiger partial charge in [-0.3, -0.25) is 4.98 Å². The number of hydrogen-bond acceptors (Lipinski definition) is 3. The van der Waals surface area contributed by atoms with Gasteiger partial charge in [0.25, 0.3) is 0 Å². The van der Waals surface area contributed by atoms with Crippen molar-refractivity contribution in [1.29, 1.82) is 0 Å². The van der Waals surface area contributed by atoms with Crippen LogP contribution in [0.4, 0.5) is 5.69 Å². The summed E-state index contributed by atoms with van der Waals surface area (Å²) in [6.45, 7) is 3.97. The fraction of sp³-hybridized carbons (Fsp3) is 0.583. The van der Waals surface area contributed by atoms with Crippen molar-refractivity contribution in [2.75, 3.05) is 18.0 Å². The Bertz CT molecular complexity index is 320. The van der Waals surface area contributed by atoms with Crippen molar-refractivity contribution in [1.82, 2.24) is 4.98 Å². The van der Waals surface area contributed by atoms with E-state index in [1.165, 1.54) is 24.1 Å². The normalized spacial score (nSPS) is 15.3. The van der Waals surface area contributed by atoms with Crippen LogP contribution < -0.4 is 10.6 Å². The third kappa shape index (κ3) is 2.48. The average molecular weight is 205 g/mol. The monoisotopic (exact) mass is 205 g/mol. The Morgan fingerprint density at radius 2 is 2.33 bits per heavy atom. The molecule has 1 aliphatic rings. The van der Waals surface area contributed by atoms with E-state index < -0.39 is 0 Å². The maximum atomic E-state index is 5.57. The third-order valence-electron chi connectivity index (χ3n) is 2.89. The van der Waals surface area contributed by atoms with E-state index in [2.05, 4.69) is 22.9 Å². The van der Waals surface area contributed by atoms with E-state index in [0.29, 0.717) is 0 Å². The molecule has 3 heteroatoms. The van der Waals surface area contributed by atoms with Crippen molar-refractivity contribution in [2.45, 2.75) is 32.2 Å². The SMILES string of the molecule is Cc1cnccc1N(CCCN)C1CC1. The molecule has 0 bridgehead atoms. The second kappa shape index (κ2) is 4.62. The molecule has 2 rings (SSSR count). The number of nitrogens with zero attached hydrogens (tertiary/aromatic N) is 2. The Kier molecular flexibility index (Phi) is 3.21. The molecule has 82 valence electrons. The van der Waals surface area contributed by atoms with Gasteiger partial charge in [-0.15, -0.1) is 0 Å². The summed E-state index contributed by atoms with van der Waals surface area (Å²) in [4.78, 5) is 6.63. The first kappa shape index (κ1) is 10.4. The highest BCUT2D eigenvalue weighted by Gasteiger charge is 2.29. The third-order valence-corrected chi connectivity index (χ3v) is 2.89. The number of anilines is 1. The van der Waals surface area contributed by atoms with Gasteiger partial charge in [0.15, 0.2) is 0 Å². The molecule has 0 atom stereocenters. The van der Waals surface area contributed by atoms with Crippen LogP contribution in [0.25, 0.3) is 0 Å². The van der Waals surface area contributed by atoms with Crippen molar-refractivity contribution in [2.24, 2.45) is 5.73 Å². The molecule has 0 radical (unpaired) electrons. The van der Waals surface area contributed by atoms with Crippen molar-refractivity contribution < 1.29 is 0 Å². The fourth-order valence-corrected chi connectivity index (χ4v) is 1.94. The smallest absolute Gasteiger partial charge is 0.0429 e. The molecule has 1 heterocycles. The van der Waals surface area contributed by atoms with Gasteiger partial charge in [0.05, 0.1) is 0 Å². The van der Waals surface area contributed by atoms with Crippen LogP contribution in [-0.2, 0) is 0 Å². The van der Waals surface area contributed by atoms with Gasteiger partial charge in [0, 0.05) is 30.7 Å². The average Bonchev–Trinajstić information content (AvgIpc) is 3.05. The van der Waals surface area contributed by atoms with Crippen LogP contribution in [0, 0.1) is 6.92 Å². The highest BCUT2D eigenvalue weighted by molar-refractivity contribution is 5.53. The van der Waals surface area contributed by atoms with Crippen molar-refractivity contribution in [3.05, 3.63) is 24.0 Å². The van der Waals surface area contributed by atoms with Gasteiger partial charge in [0.2, 0.25) is 0 Å². The molecule has 1 aromatic rings. The van der Waals surface area contributed by atoms with Gasteiger partial charge in [0.1, 0.15) is 0 Å². The zero-order valence-electron chi connectivity index (χ0n) is 9.32. The summed E-state index contributed by atoms with van der Waals surface area (Å²) < 4.78 is 0. The molecule has 1 aliphatic carbocycles. The Hall–Kier alpha value is -1.09. The van der Waals surface area contributed by atoms with Gasteiger partial charge in [-0.1, -0.05) is 0 Å². The van der Waals surface area contributed by atoms with Crippen molar-refractivity contribution in [3.8, 4) is 0 Å². The van der Waals surface area contributed by atoms with Crippen LogP contribution in [-0.4, -0.2) is 24.1 Å². The number of hydrogen-bond donors (Lipinski definition) is 1. The van der Waals surface area contributed by atoms with Gasteiger partial charge in [-0.25, -0.2) is 0 Å². The lowest BCUT2D eigenvalue weighted by molar-refractivity contribution is 0.730. The molecule has 0 saturated heterocycles. The minimum atomic E-state index is 0.748. The van der Waals surface area contributed by atoms with E-state index in [4.69, 9.17) is 5.73 Å². The second-order valence-electron chi connectivity index (χ2n) is 4.23. The first-order chi connectivity index (χ1) is 7.33. The van der Waals surface area contributed by atoms with Gasteiger partial charge >= 0.3 is 0 Å². The number of pyridine rings is 1. The molecule has 1 fully saturated rings. The van der Waals surface area contributed by atoms with Crippen LogP contribution in [0.5, 0.6) is 0 Å².